The third kappa shape index (κ3) is 7.49. The number of benzene rings is 2. The molecule has 237 valence electrons. The van der Waals surface area contributed by atoms with Crippen LogP contribution in [0.2, 0.25) is 0 Å². The summed E-state index contributed by atoms with van der Waals surface area (Å²) >= 11 is 0. The fraction of sp³-hybridized carbons (Fsp3) is 0.462. The summed E-state index contributed by atoms with van der Waals surface area (Å²) in [5, 5.41) is 13.4. The molecule has 1 radical (unpaired) electrons. The Kier molecular flexibility index (Phi) is 11.7. The summed E-state index contributed by atoms with van der Waals surface area (Å²) in [5.74, 6) is 0.547. The van der Waals surface area contributed by atoms with Crippen LogP contribution in [0.5, 0.6) is 0 Å². The molecule has 0 saturated carbocycles. The van der Waals surface area contributed by atoms with E-state index in [1.807, 2.05) is 46.2 Å². The van der Waals surface area contributed by atoms with E-state index in [1.165, 1.54) is 33.5 Å². The number of hydrogen-bond acceptors (Lipinski definition) is 4. The number of hydrogen-bond donors (Lipinski definition) is 1. The number of carbonyl (C=O) groups excluding carboxylic acids is 1. The number of allylic oxidation sites excluding steroid dienone is 2. The fourth-order valence-corrected chi connectivity index (χ4v) is 6.43. The van der Waals surface area contributed by atoms with E-state index in [2.05, 4.69) is 76.0 Å². The van der Waals surface area contributed by atoms with E-state index in [-0.39, 0.29) is 54.3 Å². The Morgan fingerprint density at radius 3 is 2.20 bits per heavy atom. The average molecular weight is 770 g/mol. The molecule has 0 amide bonds. The Labute approximate surface area is 278 Å². The number of aliphatic hydroxyl groups excluding tert-OH is 1. The van der Waals surface area contributed by atoms with Crippen LogP contribution in [-0.2, 0) is 36.7 Å². The van der Waals surface area contributed by atoms with Gasteiger partial charge >= 0.3 is 0 Å². The fourth-order valence-electron chi connectivity index (χ4n) is 6.43. The molecule has 44 heavy (non-hydrogen) atoms. The second kappa shape index (κ2) is 14.5. The van der Waals surface area contributed by atoms with Crippen molar-refractivity contribution in [3.05, 3.63) is 83.4 Å². The number of rotatable bonds is 8. The smallest absolute Gasteiger partial charge is 0.162 e. The Hall–Kier alpha value is -2.88. The molecular weight excluding hydrogens is 721 g/mol. The monoisotopic (exact) mass is 770 g/mol. The van der Waals surface area contributed by atoms with Gasteiger partial charge in [0.1, 0.15) is 0 Å². The van der Waals surface area contributed by atoms with Gasteiger partial charge in [-0.05, 0) is 76.4 Å². The van der Waals surface area contributed by atoms with Crippen molar-refractivity contribution < 1.29 is 30.0 Å². The number of carbonyl (C=O) groups is 1. The molecule has 2 aromatic carbocycles. The summed E-state index contributed by atoms with van der Waals surface area (Å²) in [5.41, 5.74) is 7.31. The van der Waals surface area contributed by atoms with Crippen molar-refractivity contribution in [3.8, 4) is 11.3 Å². The molecule has 2 aromatic heterocycles. The molecule has 4 nitrogen and oxygen atoms in total. The van der Waals surface area contributed by atoms with Crippen LogP contribution in [0.3, 0.4) is 0 Å². The second-order valence-corrected chi connectivity index (χ2v) is 13.8. The molecule has 0 spiro atoms. The van der Waals surface area contributed by atoms with E-state index in [4.69, 9.17) is 4.98 Å². The summed E-state index contributed by atoms with van der Waals surface area (Å²) in [4.78, 5) is 21.1. The molecule has 5 heteroatoms. The number of ketones is 1. The molecule has 0 fully saturated rings. The van der Waals surface area contributed by atoms with Gasteiger partial charge in [0.15, 0.2) is 5.78 Å². The van der Waals surface area contributed by atoms with Crippen molar-refractivity contribution in [2.45, 2.75) is 99.8 Å². The van der Waals surface area contributed by atoms with Crippen molar-refractivity contribution in [2.24, 2.45) is 17.3 Å². The molecule has 2 heterocycles. The van der Waals surface area contributed by atoms with Gasteiger partial charge in [-0.2, -0.15) is 0 Å². The molecule has 0 bridgehead atoms. The van der Waals surface area contributed by atoms with E-state index in [0.29, 0.717) is 0 Å². The molecule has 0 aliphatic heterocycles. The number of fused-ring (bicyclic) bond motifs is 3. The Morgan fingerprint density at radius 2 is 1.59 bits per heavy atom. The van der Waals surface area contributed by atoms with Crippen molar-refractivity contribution in [1.82, 2.24) is 9.97 Å². The predicted octanol–water partition coefficient (Wildman–Crippen LogP) is 10.3. The maximum atomic E-state index is 11.7. The third-order valence-electron chi connectivity index (χ3n) is 8.97. The molecule has 5 rings (SSSR count). The van der Waals surface area contributed by atoms with E-state index in [0.717, 1.165) is 54.3 Å². The molecule has 0 unspecified atom stereocenters. The van der Waals surface area contributed by atoms with E-state index < -0.39 is 0 Å². The molecule has 1 N–H and O–H groups in total. The van der Waals surface area contributed by atoms with Gasteiger partial charge in [-0.25, -0.2) is 0 Å². The summed E-state index contributed by atoms with van der Waals surface area (Å²) in [7, 11) is 0. The van der Waals surface area contributed by atoms with Crippen molar-refractivity contribution in [2.75, 3.05) is 0 Å². The minimum atomic E-state index is -0.125. The van der Waals surface area contributed by atoms with Crippen LogP contribution in [0.1, 0.15) is 105 Å². The van der Waals surface area contributed by atoms with Gasteiger partial charge in [0, 0.05) is 56.1 Å². The normalized spacial score (nSPS) is 13.8. The minimum absolute atomic E-state index is 0. The summed E-state index contributed by atoms with van der Waals surface area (Å²) in [6.45, 7) is 19.6. The van der Waals surface area contributed by atoms with Crippen LogP contribution in [-0.4, -0.2) is 20.9 Å². The van der Waals surface area contributed by atoms with Gasteiger partial charge in [0.05, 0.1) is 5.76 Å². The van der Waals surface area contributed by atoms with Gasteiger partial charge < -0.3 is 5.11 Å². The van der Waals surface area contributed by atoms with Crippen molar-refractivity contribution in [3.63, 3.8) is 0 Å². The minimum Gasteiger partial charge on any atom is -0.512 e. The third-order valence-corrected chi connectivity index (χ3v) is 8.97. The van der Waals surface area contributed by atoms with Gasteiger partial charge in [-0.15, -0.1) is 12.1 Å². The number of nitrogens with zero attached hydrogens (tertiary/aromatic N) is 2. The van der Waals surface area contributed by atoms with Crippen LogP contribution in [0.15, 0.2) is 60.6 Å². The van der Waals surface area contributed by atoms with Crippen LogP contribution in [0.25, 0.3) is 32.9 Å². The molecular formula is C39H49IrN2O2-. The molecule has 1 aliphatic rings. The second-order valence-electron chi connectivity index (χ2n) is 13.8. The first-order valence-corrected chi connectivity index (χ1v) is 16.0. The van der Waals surface area contributed by atoms with Crippen molar-refractivity contribution in [1.29, 1.82) is 0 Å². The summed E-state index contributed by atoms with van der Waals surface area (Å²) in [6, 6.07) is 16.8. The maximum Gasteiger partial charge on any atom is 0.162 e. The van der Waals surface area contributed by atoms with Crippen LogP contribution >= 0.6 is 0 Å². The average Bonchev–Trinajstić information content (AvgIpc) is 2.96. The van der Waals surface area contributed by atoms with Crippen molar-refractivity contribution >= 4 is 27.5 Å². The van der Waals surface area contributed by atoms with Gasteiger partial charge in [-0.1, -0.05) is 103 Å². The quantitative estimate of drug-likeness (QED) is 0.110. The summed E-state index contributed by atoms with van der Waals surface area (Å²) in [6.07, 6.45) is 9.75. The largest absolute Gasteiger partial charge is 0.512 e. The first-order valence-electron chi connectivity index (χ1n) is 16.0. The number of aliphatic hydroxyl groups is 1. The van der Waals surface area contributed by atoms with Crippen LogP contribution < -0.4 is 0 Å². The Balaban J connectivity index is 0.000000286. The zero-order chi connectivity index (χ0) is 31.5. The van der Waals surface area contributed by atoms with Crippen LogP contribution in [0, 0.1) is 23.3 Å². The molecule has 0 atom stereocenters. The van der Waals surface area contributed by atoms with Gasteiger partial charge in [0.2, 0.25) is 0 Å². The van der Waals surface area contributed by atoms with E-state index in [1.54, 1.807) is 0 Å². The van der Waals surface area contributed by atoms with E-state index in [9.17, 15) is 9.90 Å². The van der Waals surface area contributed by atoms with Gasteiger partial charge in [-0.3, -0.25) is 14.8 Å². The number of pyridine rings is 2. The Morgan fingerprint density at radius 1 is 0.932 bits per heavy atom. The molecule has 4 aromatic rings. The summed E-state index contributed by atoms with van der Waals surface area (Å²) < 4.78 is 0. The first-order chi connectivity index (χ1) is 20.3. The number of aromatic nitrogens is 2. The predicted molar refractivity (Wildman–Crippen MR) is 180 cm³/mol. The van der Waals surface area contributed by atoms with E-state index >= 15 is 0 Å². The topological polar surface area (TPSA) is 63.1 Å². The standard InChI is InChI=1S/C26H25N2.C13H24O2.Ir/c1-25(2,3)15-16-11-18-8-10-28-24-19-13-17-7-6-9-27-22(17)14-20(19)26(4,5)21(12-16)23(18)24;1-5-10(6-2)12(14)9-13(15)11(7-3)8-4;/h6-12,14H,15H2,1-5H3;9-11,14H,5-8H2,1-4H3;/q-1;;/b;12-9-;. The SMILES string of the molecule is CC(C)(C)Cc1cc2c3c(nccc3c1)-c1[c-]c3cccnc3cc1C2(C)C.CCC(CC)C(=O)/C=C(\O)C(CC)CC.[Ir]. The maximum absolute atomic E-state index is 11.7. The zero-order valence-corrected chi connectivity index (χ0v) is 30.4. The molecule has 1 aliphatic carbocycles. The first kappa shape index (κ1) is 35.6. The Bertz CT molecular complexity index is 1640. The zero-order valence-electron chi connectivity index (χ0n) is 28.0. The molecule has 0 saturated heterocycles. The van der Waals surface area contributed by atoms with Crippen LogP contribution in [0.4, 0.5) is 0 Å². The van der Waals surface area contributed by atoms with Gasteiger partial charge in [0.25, 0.3) is 0 Å².